The van der Waals surface area contributed by atoms with Crippen LogP contribution in [0, 0.1) is 18.3 Å². The van der Waals surface area contributed by atoms with Crippen LogP contribution in [-0.4, -0.2) is 72.1 Å². The molecule has 1 aromatic heterocycles. The van der Waals surface area contributed by atoms with Crippen molar-refractivity contribution < 1.29 is 28.0 Å². The quantitative estimate of drug-likeness (QED) is 0.0664. The first-order valence-corrected chi connectivity index (χ1v) is 19.3. The summed E-state index contributed by atoms with van der Waals surface area (Å²) >= 11 is 0. The molecular weight excluding hydrogens is 707 g/mol. The fraction of sp³-hybridized carbons (Fsp3) is 0.439. The third-order valence-electron chi connectivity index (χ3n) is 9.39. The van der Waals surface area contributed by atoms with Gasteiger partial charge in [-0.1, -0.05) is 54.6 Å². The first kappa shape index (κ1) is 40.8. The van der Waals surface area contributed by atoms with Crippen LogP contribution in [0.25, 0.3) is 0 Å². The molecule has 1 N–H and O–H groups in total. The monoisotopic (exact) mass is 758 g/mol. The van der Waals surface area contributed by atoms with E-state index in [1.807, 2.05) is 78.9 Å². The van der Waals surface area contributed by atoms with Crippen LogP contribution in [0.15, 0.2) is 94.6 Å². The lowest BCUT2D eigenvalue weighted by Crippen LogP contribution is -2.39. The van der Waals surface area contributed by atoms with E-state index in [1.54, 1.807) is 27.3 Å². The van der Waals surface area contributed by atoms with Gasteiger partial charge in [-0.2, -0.15) is 5.26 Å². The fourth-order valence-electron chi connectivity index (χ4n) is 6.84. The summed E-state index contributed by atoms with van der Waals surface area (Å²) in [5, 5.41) is 9.31. The molecule has 2 heterocycles. The molecule has 0 spiro atoms. The van der Waals surface area contributed by atoms with Crippen molar-refractivity contribution in [3.05, 3.63) is 128 Å². The maximum Gasteiger partial charge on any atom is 0.328 e. The van der Waals surface area contributed by atoms with Gasteiger partial charge in [-0.3, -0.25) is 14.3 Å². The Balaban J connectivity index is 1.57. The molecule has 54 heavy (non-hydrogen) atoms. The first-order valence-electron chi connectivity index (χ1n) is 18.2. The number of rotatable bonds is 18. The number of benzene rings is 3. The Morgan fingerprint density at radius 3 is 2.04 bits per heavy atom. The van der Waals surface area contributed by atoms with Crippen molar-refractivity contribution in [3.8, 4) is 17.6 Å². The predicted octanol–water partition coefficient (Wildman–Crippen LogP) is 6.69. The van der Waals surface area contributed by atoms with Gasteiger partial charge in [0.25, 0.3) is 14.1 Å². The molecule has 1 aliphatic heterocycles. The third-order valence-corrected chi connectivity index (χ3v) is 11.5. The zero-order chi connectivity index (χ0) is 38.8. The standard InChI is InChI=1S/C41H51N4O8P/c1-28(2)45(29(3)4)54(51-23-11-22-42)53-37-24-36(26-44-25-30(5)39(46)43-40(44)47)52-38(37)27-50-41(31-12-9-8-10-13-31,32-14-18-34(48-6)19-15-32)33-16-20-35(49-7)21-17-33/h8-10,12-21,25,28-29,36-38H,11,23-24,26-27H2,1-7H3,(H,43,46,47)/t36-,37?,38-,54?/m1/s1. The van der Waals surface area contributed by atoms with Crippen LogP contribution in [0.1, 0.15) is 62.8 Å². The Labute approximate surface area is 318 Å². The Bertz CT molecular complexity index is 1890. The molecule has 3 aromatic carbocycles. The second kappa shape index (κ2) is 18.8. The number of ether oxygens (including phenoxy) is 4. The zero-order valence-corrected chi connectivity index (χ0v) is 33.0. The van der Waals surface area contributed by atoms with Crippen molar-refractivity contribution in [2.45, 2.75) is 90.0 Å². The Kier molecular flexibility index (Phi) is 14.2. The van der Waals surface area contributed by atoms with Crippen LogP contribution in [-0.2, 0) is 30.7 Å². The SMILES string of the molecule is COc1ccc(C(OC[C@H]2O[C@@H](Cn3cc(C)c(=O)[nH]c3=O)CC2OP(OCCC#N)N(C(C)C)C(C)C)(c2ccccc2)c2ccc(OC)cc2)cc1. The number of aryl methyl sites for hydroxylation is 1. The van der Waals surface area contributed by atoms with E-state index in [0.29, 0.717) is 23.5 Å². The van der Waals surface area contributed by atoms with Gasteiger partial charge in [0.05, 0.1) is 58.7 Å². The minimum atomic E-state index is -1.63. The average Bonchev–Trinajstić information content (AvgIpc) is 3.55. The molecule has 0 bridgehead atoms. The van der Waals surface area contributed by atoms with E-state index < -0.39 is 43.7 Å². The maximum absolute atomic E-state index is 12.9. The van der Waals surface area contributed by atoms with Crippen LogP contribution in [0.5, 0.6) is 11.5 Å². The van der Waals surface area contributed by atoms with Crippen molar-refractivity contribution in [1.29, 1.82) is 5.26 Å². The summed E-state index contributed by atoms with van der Waals surface area (Å²) < 4.78 is 41.9. The predicted molar refractivity (Wildman–Crippen MR) is 208 cm³/mol. The van der Waals surface area contributed by atoms with Crippen LogP contribution >= 0.6 is 8.53 Å². The molecule has 1 aliphatic rings. The number of H-pyrrole nitrogens is 1. The Hall–Kier alpha value is -4.34. The molecule has 4 aromatic rings. The lowest BCUT2D eigenvalue weighted by molar-refractivity contribution is -0.0819. The normalized spacial score (nSPS) is 17.9. The lowest BCUT2D eigenvalue weighted by Gasteiger charge is -2.39. The summed E-state index contributed by atoms with van der Waals surface area (Å²) in [6.45, 7) is 10.5. The topological polar surface area (TPSA) is 137 Å². The largest absolute Gasteiger partial charge is 0.497 e. The molecule has 0 amide bonds. The smallest absolute Gasteiger partial charge is 0.328 e. The van der Waals surface area contributed by atoms with E-state index in [4.69, 9.17) is 28.0 Å². The van der Waals surface area contributed by atoms with Crippen LogP contribution < -0.4 is 20.7 Å². The van der Waals surface area contributed by atoms with Gasteiger partial charge in [0, 0.05) is 30.3 Å². The van der Waals surface area contributed by atoms with Gasteiger partial charge in [0.1, 0.15) is 23.2 Å². The van der Waals surface area contributed by atoms with Gasteiger partial charge in [-0.15, -0.1) is 0 Å². The third kappa shape index (κ3) is 9.47. The minimum absolute atomic E-state index is 0.0876. The fourth-order valence-corrected chi connectivity index (χ4v) is 8.60. The highest BCUT2D eigenvalue weighted by molar-refractivity contribution is 7.44. The summed E-state index contributed by atoms with van der Waals surface area (Å²) in [4.78, 5) is 27.4. The van der Waals surface area contributed by atoms with E-state index in [0.717, 1.165) is 16.7 Å². The van der Waals surface area contributed by atoms with Crippen LogP contribution in [0.2, 0.25) is 0 Å². The van der Waals surface area contributed by atoms with Gasteiger partial charge < -0.3 is 28.0 Å². The lowest BCUT2D eigenvalue weighted by atomic mass is 9.80. The van der Waals surface area contributed by atoms with Crippen molar-refractivity contribution >= 4 is 8.53 Å². The molecule has 0 radical (unpaired) electrons. The summed E-state index contributed by atoms with van der Waals surface area (Å²) in [6.07, 6.45) is 0.632. The number of aromatic nitrogens is 2. The number of nitrogens with zero attached hydrogens (tertiary/aromatic N) is 3. The maximum atomic E-state index is 12.9. The van der Waals surface area contributed by atoms with E-state index in [1.165, 1.54) is 4.57 Å². The average molecular weight is 759 g/mol. The highest BCUT2D eigenvalue weighted by atomic mass is 31.2. The summed E-state index contributed by atoms with van der Waals surface area (Å²) in [6, 6.07) is 28.0. The number of nitrogens with one attached hydrogen (secondary N) is 1. The first-order chi connectivity index (χ1) is 26.0. The molecule has 13 heteroatoms. The Morgan fingerprint density at radius 1 is 0.926 bits per heavy atom. The minimum Gasteiger partial charge on any atom is -0.497 e. The van der Waals surface area contributed by atoms with E-state index in [-0.39, 0.29) is 38.3 Å². The molecule has 5 rings (SSSR count). The summed E-state index contributed by atoms with van der Waals surface area (Å²) in [5.41, 5.74) is 1.02. The Morgan fingerprint density at radius 2 is 1.50 bits per heavy atom. The second-order valence-electron chi connectivity index (χ2n) is 13.8. The molecule has 4 atom stereocenters. The van der Waals surface area contributed by atoms with E-state index in [9.17, 15) is 14.9 Å². The number of hydrogen-bond donors (Lipinski definition) is 1. The van der Waals surface area contributed by atoms with Crippen molar-refractivity contribution in [2.24, 2.45) is 0 Å². The molecule has 0 saturated carbocycles. The number of methoxy groups -OCH3 is 2. The molecule has 1 fully saturated rings. The van der Waals surface area contributed by atoms with Gasteiger partial charge in [-0.05, 0) is 75.6 Å². The van der Waals surface area contributed by atoms with Crippen molar-refractivity contribution in [2.75, 3.05) is 27.4 Å². The van der Waals surface area contributed by atoms with E-state index >= 15 is 0 Å². The van der Waals surface area contributed by atoms with Gasteiger partial charge in [0.15, 0.2) is 0 Å². The molecule has 2 unspecified atom stereocenters. The van der Waals surface area contributed by atoms with Crippen molar-refractivity contribution in [3.63, 3.8) is 0 Å². The van der Waals surface area contributed by atoms with Crippen LogP contribution in [0.4, 0.5) is 0 Å². The van der Waals surface area contributed by atoms with Crippen molar-refractivity contribution in [1.82, 2.24) is 14.2 Å². The number of nitriles is 1. The van der Waals surface area contributed by atoms with Gasteiger partial charge in [0.2, 0.25) is 0 Å². The molecule has 1 saturated heterocycles. The summed E-state index contributed by atoms with van der Waals surface area (Å²) in [7, 11) is 1.64. The van der Waals surface area contributed by atoms with E-state index in [2.05, 4.69) is 43.4 Å². The highest BCUT2D eigenvalue weighted by Crippen LogP contribution is 2.50. The highest BCUT2D eigenvalue weighted by Gasteiger charge is 2.44. The molecular formula is C41H51N4O8P. The summed E-state index contributed by atoms with van der Waals surface area (Å²) in [5.74, 6) is 1.42. The molecule has 288 valence electrons. The second-order valence-corrected chi connectivity index (χ2v) is 15.2. The van der Waals surface area contributed by atoms with Crippen LogP contribution in [0.3, 0.4) is 0 Å². The zero-order valence-electron chi connectivity index (χ0n) is 32.1. The number of hydrogen-bond acceptors (Lipinski definition) is 10. The number of aromatic amines is 1. The van der Waals surface area contributed by atoms with Gasteiger partial charge >= 0.3 is 5.69 Å². The molecule has 0 aliphatic carbocycles. The van der Waals surface area contributed by atoms with Gasteiger partial charge in [-0.25, -0.2) is 9.46 Å². The molecule has 12 nitrogen and oxygen atoms in total.